The third kappa shape index (κ3) is 4.93. The second kappa shape index (κ2) is 8.09. The van der Waals surface area contributed by atoms with Gasteiger partial charge in [0, 0.05) is 0 Å². The number of benzene rings is 2. The quantitative estimate of drug-likeness (QED) is 0.445. The number of hydrogen-bond acceptors (Lipinski definition) is 4. The number of rotatable bonds is 5. The standard InChI is InChI=1S/C16H16FN3O2S/c1-2-22-15-9-11(7-8-14(15)21)10-18-20-16(23)19-13-6-4-3-5-12(13)17/h3-10,21H,2H2,1H3,(H2,19,20,23)/b18-10+. The number of hydrazone groups is 1. The molecule has 0 amide bonds. The summed E-state index contributed by atoms with van der Waals surface area (Å²) in [7, 11) is 0. The first-order chi connectivity index (χ1) is 11.1. The van der Waals surface area contributed by atoms with Gasteiger partial charge in [0.1, 0.15) is 5.82 Å². The number of nitrogens with one attached hydrogen (secondary N) is 2. The predicted molar refractivity (Wildman–Crippen MR) is 92.6 cm³/mol. The van der Waals surface area contributed by atoms with E-state index >= 15 is 0 Å². The van der Waals surface area contributed by atoms with E-state index in [4.69, 9.17) is 17.0 Å². The molecule has 2 aromatic rings. The van der Waals surface area contributed by atoms with Crippen LogP contribution in [-0.2, 0) is 0 Å². The highest BCUT2D eigenvalue weighted by atomic mass is 32.1. The van der Waals surface area contributed by atoms with Crippen molar-refractivity contribution in [3.8, 4) is 11.5 Å². The summed E-state index contributed by atoms with van der Waals surface area (Å²) in [5, 5.41) is 16.4. The van der Waals surface area contributed by atoms with E-state index in [2.05, 4.69) is 15.8 Å². The van der Waals surface area contributed by atoms with Crippen LogP contribution in [0.15, 0.2) is 47.6 Å². The molecule has 0 fully saturated rings. The number of ether oxygens (including phenoxy) is 1. The Morgan fingerprint density at radius 2 is 2.13 bits per heavy atom. The Hall–Kier alpha value is -2.67. The second-order valence-electron chi connectivity index (χ2n) is 4.46. The van der Waals surface area contributed by atoms with Gasteiger partial charge >= 0.3 is 0 Å². The molecule has 0 radical (unpaired) electrons. The van der Waals surface area contributed by atoms with Crippen LogP contribution in [0.25, 0.3) is 0 Å². The van der Waals surface area contributed by atoms with Crippen LogP contribution >= 0.6 is 12.2 Å². The van der Waals surface area contributed by atoms with E-state index in [1.54, 1.807) is 30.3 Å². The molecule has 0 saturated heterocycles. The summed E-state index contributed by atoms with van der Waals surface area (Å²) in [4.78, 5) is 0. The number of halogens is 1. The zero-order valence-corrected chi connectivity index (χ0v) is 13.2. The molecule has 2 rings (SSSR count). The summed E-state index contributed by atoms with van der Waals surface area (Å²) in [5.74, 6) is 0.0396. The highest BCUT2D eigenvalue weighted by Crippen LogP contribution is 2.26. The van der Waals surface area contributed by atoms with Crippen molar-refractivity contribution in [2.45, 2.75) is 6.92 Å². The van der Waals surface area contributed by atoms with Gasteiger partial charge in [0.15, 0.2) is 16.6 Å². The van der Waals surface area contributed by atoms with Gasteiger partial charge in [-0.3, -0.25) is 5.43 Å². The Morgan fingerprint density at radius 3 is 2.87 bits per heavy atom. The summed E-state index contributed by atoms with van der Waals surface area (Å²) in [5.41, 5.74) is 3.58. The third-order valence-electron chi connectivity index (χ3n) is 2.79. The largest absolute Gasteiger partial charge is 0.504 e. The monoisotopic (exact) mass is 333 g/mol. The minimum atomic E-state index is -0.402. The first kappa shape index (κ1) is 16.7. The van der Waals surface area contributed by atoms with Crippen LogP contribution in [0.5, 0.6) is 11.5 Å². The molecular formula is C16H16FN3O2S. The molecule has 0 aromatic heterocycles. The maximum Gasteiger partial charge on any atom is 0.191 e. The van der Waals surface area contributed by atoms with E-state index in [1.165, 1.54) is 18.3 Å². The Balaban J connectivity index is 1.95. The minimum Gasteiger partial charge on any atom is -0.504 e. The van der Waals surface area contributed by atoms with Crippen molar-refractivity contribution in [3.05, 3.63) is 53.8 Å². The van der Waals surface area contributed by atoms with Crippen LogP contribution in [0.4, 0.5) is 10.1 Å². The number of hydrogen-bond donors (Lipinski definition) is 3. The summed E-state index contributed by atoms with van der Waals surface area (Å²) in [6.07, 6.45) is 1.51. The fraction of sp³-hybridized carbons (Fsp3) is 0.125. The molecule has 0 aliphatic heterocycles. The van der Waals surface area contributed by atoms with Gasteiger partial charge in [-0.1, -0.05) is 12.1 Å². The van der Waals surface area contributed by atoms with E-state index in [9.17, 15) is 9.50 Å². The first-order valence-electron chi connectivity index (χ1n) is 6.90. The SMILES string of the molecule is CCOc1cc(/C=N/NC(=S)Nc2ccccc2F)ccc1O. The fourth-order valence-electron chi connectivity index (χ4n) is 1.76. The number of phenolic OH excluding ortho intramolecular Hbond substituents is 1. The molecule has 0 unspecified atom stereocenters. The highest BCUT2D eigenvalue weighted by Gasteiger charge is 2.03. The summed E-state index contributed by atoms with van der Waals surface area (Å²) in [6.45, 7) is 2.28. The van der Waals surface area contributed by atoms with Crippen LogP contribution in [0.2, 0.25) is 0 Å². The molecule has 0 aliphatic carbocycles. The highest BCUT2D eigenvalue weighted by molar-refractivity contribution is 7.80. The van der Waals surface area contributed by atoms with Gasteiger partial charge in [0.2, 0.25) is 0 Å². The van der Waals surface area contributed by atoms with Crippen LogP contribution < -0.4 is 15.5 Å². The maximum absolute atomic E-state index is 13.5. The van der Waals surface area contributed by atoms with Gasteiger partial charge in [-0.05, 0) is 55.0 Å². The maximum atomic E-state index is 13.5. The molecule has 23 heavy (non-hydrogen) atoms. The average Bonchev–Trinajstić information content (AvgIpc) is 2.53. The number of aromatic hydroxyl groups is 1. The molecule has 3 N–H and O–H groups in total. The van der Waals surface area contributed by atoms with E-state index in [0.29, 0.717) is 17.9 Å². The van der Waals surface area contributed by atoms with Gasteiger partial charge in [-0.2, -0.15) is 5.10 Å². The van der Waals surface area contributed by atoms with Crippen molar-refractivity contribution in [2.24, 2.45) is 5.10 Å². The van der Waals surface area contributed by atoms with Crippen LogP contribution in [-0.4, -0.2) is 23.0 Å². The lowest BCUT2D eigenvalue weighted by Crippen LogP contribution is -2.24. The first-order valence-corrected chi connectivity index (χ1v) is 7.31. The number of nitrogens with zero attached hydrogens (tertiary/aromatic N) is 1. The van der Waals surface area contributed by atoms with Crippen LogP contribution in [0.3, 0.4) is 0 Å². The van der Waals surface area contributed by atoms with Crippen LogP contribution in [0, 0.1) is 5.82 Å². The predicted octanol–water partition coefficient (Wildman–Crippen LogP) is 3.25. The molecule has 2 aromatic carbocycles. The topological polar surface area (TPSA) is 65.9 Å². The van der Waals surface area contributed by atoms with Gasteiger partial charge < -0.3 is 15.2 Å². The second-order valence-corrected chi connectivity index (χ2v) is 4.87. The molecular weight excluding hydrogens is 317 g/mol. The molecule has 0 spiro atoms. The Labute approximate surface area is 138 Å². The molecule has 0 aliphatic rings. The van der Waals surface area contributed by atoms with E-state index in [0.717, 1.165) is 0 Å². The minimum absolute atomic E-state index is 0.0636. The molecule has 120 valence electrons. The van der Waals surface area contributed by atoms with Crippen molar-refractivity contribution >= 4 is 29.2 Å². The number of anilines is 1. The molecule has 5 nitrogen and oxygen atoms in total. The average molecular weight is 333 g/mol. The van der Waals surface area contributed by atoms with Gasteiger partial charge in [0.05, 0.1) is 18.5 Å². The summed E-state index contributed by atoms with van der Waals surface area (Å²) < 4.78 is 18.8. The number of thiocarbonyl (C=S) groups is 1. The lowest BCUT2D eigenvalue weighted by molar-refractivity contribution is 0.318. The lowest BCUT2D eigenvalue weighted by atomic mass is 10.2. The Morgan fingerprint density at radius 1 is 1.35 bits per heavy atom. The molecule has 0 bridgehead atoms. The molecule has 0 heterocycles. The van der Waals surface area contributed by atoms with Crippen molar-refractivity contribution in [1.29, 1.82) is 0 Å². The zero-order valence-electron chi connectivity index (χ0n) is 12.4. The van der Waals surface area contributed by atoms with Crippen molar-refractivity contribution in [2.75, 3.05) is 11.9 Å². The van der Waals surface area contributed by atoms with Crippen molar-refractivity contribution in [1.82, 2.24) is 5.43 Å². The smallest absolute Gasteiger partial charge is 0.191 e. The van der Waals surface area contributed by atoms with Gasteiger partial charge in [0.25, 0.3) is 0 Å². The van der Waals surface area contributed by atoms with Gasteiger partial charge in [-0.25, -0.2) is 4.39 Å². The Bertz CT molecular complexity index is 722. The zero-order chi connectivity index (χ0) is 16.7. The Kier molecular flexibility index (Phi) is 5.87. The molecule has 0 saturated carbocycles. The third-order valence-corrected chi connectivity index (χ3v) is 2.98. The fourth-order valence-corrected chi connectivity index (χ4v) is 1.92. The molecule has 7 heteroatoms. The summed E-state index contributed by atoms with van der Waals surface area (Å²) in [6, 6.07) is 11.0. The number of para-hydroxylation sites is 1. The normalized spacial score (nSPS) is 10.5. The van der Waals surface area contributed by atoms with E-state index in [-0.39, 0.29) is 16.5 Å². The summed E-state index contributed by atoms with van der Waals surface area (Å²) >= 11 is 5.03. The van der Waals surface area contributed by atoms with E-state index < -0.39 is 5.82 Å². The van der Waals surface area contributed by atoms with Crippen molar-refractivity contribution in [3.63, 3.8) is 0 Å². The van der Waals surface area contributed by atoms with Crippen molar-refractivity contribution < 1.29 is 14.2 Å². The lowest BCUT2D eigenvalue weighted by Gasteiger charge is -2.08. The molecule has 0 atom stereocenters. The van der Waals surface area contributed by atoms with E-state index in [1.807, 2.05) is 6.92 Å². The van der Waals surface area contributed by atoms with Crippen LogP contribution in [0.1, 0.15) is 12.5 Å². The number of phenols is 1. The van der Waals surface area contributed by atoms with Gasteiger partial charge in [-0.15, -0.1) is 0 Å².